The van der Waals surface area contributed by atoms with Gasteiger partial charge in [0.05, 0.1) is 15.9 Å². The first kappa shape index (κ1) is 11.4. The summed E-state index contributed by atoms with van der Waals surface area (Å²) in [5, 5.41) is 10.6. The van der Waals surface area contributed by atoms with E-state index in [4.69, 9.17) is 4.42 Å². The van der Waals surface area contributed by atoms with Crippen molar-refractivity contribution in [3.05, 3.63) is 39.6 Å². The molecule has 0 aliphatic carbocycles. The fraction of sp³-hybridized carbons (Fsp3) is 0.200. The predicted molar refractivity (Wildman–Crippen MR) is 52.6 cm³/mol. The van der Waals surface area contributed by atoms with E-state index >= 15 is 0 Å². The lowest BCUT2D eigenvalue weighted by Crippen LogP contribution is -2.04. The van der Waals surface area contributed by atoms with Crippen molar-refractivity contribution in [1.29, 1.82) is 0 Å². The summed E-state index contributed by atoms with van der Waals surface area (Å²) in [6.45, 7) is 1.26. The molecule has 0 aliphatic rings. The lowest BCUT2D eigenvalue weighted by atomic mass is 10.1. The summed E-state index contributed by atoms with van der Waals surface area (Å²) in [6.07, 6.45) is -4.60. The normalized spacial score (nSPS) is 12.0. The number of para-hydroxylation sites is 1. The first-order chi connectivity index (χ1) is 7.82. The standard InChI is InChI=1S/C10H6F3NO3/c1-5-8(14(15)16)6-3-2-4-7(9(6)17-5)10(11,12)13/h2-4H,1H3. The average Bonchev–Trinajstić information content (AvgIpc) is 2.51. The SMILES string of the molecule is Cc1oc2c(C(F)(F)F)cccc2c1[N+](=O)[O-]. The Morgan fingerprint density at radius 1 is 1.35 bits per heavy atom. The van der Waals surface area contributed by atoms with E-state index in [0.29, 0.717) is 0 Å². The van der Waals surface area contributed by atoms with Gasteiger partial charge in [0, 0.05) is 6.92 Å². The van der Waals surface area contributed by atoms with Crippen molar-refractivity contribution in [2.45, 2.75) is 13.1 Å². The van der Waals surface area contributed by atoms with E-state index in [1.54, 1.807) is 0 Å². The highest BCUT2D eigenvalue weighted by molar-refractivity contribution is 5.90. The number of hydrogen-bond donors (Lipinski definition) is 0. The van der Waals surface area contributed by atoms with Crippen molar-refractivity contribution in [2.75, 3.05) is 0 Å². The molecule has 0 atom stereocenters. The number of alkyl halides is 3. The van der Waals surface area contributed by atoms with E-state index < -0.39 is 27.9 Å². The maximum Gasteiger partial charge on any atom is 0.420 e. The number of nitro groups is 1. The summed E-state index contributed by atoms with van der Waals surface area (Å²) in [4.78, 5) is 9.97. The van der Waals surface area contributed by atoms with E-state index in [9.17, 15) is 23.3 Å². The quantitative estimate of drug-likeness (QED) is 0.569. The molecule has 1 heterocycles. The Morgan fingerprint density at radius 2 is 2.00 bits per heavy atom. The third-order valence-electron chi connectivity index (χ3n) is 2.35. The van der Waals surface area contributed by atoms with E-state index in [2.05, 4.69) is 0 Å². The number of nitrogens with zero attached hydrogens (tertiary/aromatic N) is 1. The third-order valence-corrected chi connectivity index (χ3v) is 2.35. The first-order valence-electron chi connectivity index (χ1n) is 4.56. The fourth-order valence-corrected chi connectivity index (χ4v) is 1.67. The van der Waals surface area contributed by atoms with Gasteiger partial charge in [-0.3, -0.25) is 10.1 Å². The first-order valence-corrected chi connectivity index (χ1v) is 4.56. The van der Waals surface area contributed by atoms with Gasteiger partial charge in [-0.2, -0.15) is 13.2 Å². The second-order valence-corrected chi connectivity index (χ2v) is 3.44. The molecule has 0 amide bonds. The summed E-state index contributed by atoms with van der Waals surface area (Å²) in [7, 11) is 0. The zero-order valence-corrected chi connectivity index (χ0v) is 8.54. The minimum atomic E-state index is -4.60. The number of halogens is 3. The van der Waals surface area contributed by atoms with Crippen LogP contribution in [0.5, 0.6) is 0 Å². The number of furan rings is 1. The molecule has 0 aliphatic heterocycles. The van der Waals surface area contributed by atoms with Crippen LogP contribution in [0.1, 0.15) is 11.3 Å². The molecule has 0 bridgehead atoms. The second-order valence-electron chi connectivity index (χ2n) is 3.44. The van der Waals surface area contributed by atoms with E-state index in [1.165, 1.54) is 13.0 Å². The van der Waals surface area contributed by atoms with Crippen molar-refractivity contribution < 1.29 is 22.5 Å². The van der Waals surface area contributed by atoms with Crippen molar-refractivity contribution >= 4 is 16.7 Å². The summed E-state index contributed by atoms with van der Waals surface area (Å²) in [5.41, 5.74) is -1.93. The second kappa shape index (κ2) is 3.47. The molecule has 1 aromatic carbocycles. The van der Waals surface area contributed by atoms with Gasteiger partial charge in [0.15, 0.2) is 11.3 Å². The van der Waals surface area contributed by atoms with Crippen LogP contribution < -0.4 is 0 Å². The summed E-state index contributed by atoms with van der Waals surface area (Å²) < 4.78 is 42.7. The van der Waals surface area contributed by atoms with Crippen LogP contribution in [0.2, 0.25) is 0 Å². The van der Waals surface area contributed by atoms with Crippen molar-refractivity contribution in [1.82, 2.24) is 0 Å². The monoisotopic (exact) mass is 245 g/mol. The number of fused-ring (bicyclic) bond motifs is 1. The molecular formula is C10H6F3NO3. The molecule has 2 aromatic rings. The minimum absolute atomic E-state index is 0.137. The smallest absolute Gasteiger partial charge is 0.420 e. The Kier molecular flexibility index (Phi) is 2.34. The Labute approximate surface area is 92.8 Å². The highest BCUT2D eigenvalue weighted by Gasteiger charge is 2.36. The van der Waals surface area contributed by atoms with Gasteiger partial charge >= 0.3 is 11.9 Å². The molecule has 1 aromatic heterocycles. The summed E-state index contributed by atoms with van der Waals surface area (Å²) in [5.74, 6) is -0.137. The van der Waals surface area contributed by atoms with Crippen LogP contribution in [0.25, 0.3) is 11.0 Å². The molecular weight excluding hydrogens is 239 g/mol. The van der Waals surface area contributed by atoms with Gasteiger partial charge in [0.1, 0.15) is 0 Å². The van der Waals surface area contributed by atoms with Crippen molar-refractivity contribution in [3.63, 3.8) is 0 Å². The highest BCUT2D eigenvalue weighted by Crippen LogP contribution is 2.40. The number of hydrogen-bond acceptors (Lipinski definition) is 3. The van der Waals surface area contributed by atoms with Crippen LogP contribution in [0.4, 0.5) is 18.9 Å². The highest BCUT2D eigenvalue weighted by atomic mass is 19.4. The molecule has 2 rings (SSSR count). The third kappa shape index (κ3) is 1.73. The number of benzene rings is 1. The Morgan fingerprint density at radius 3 is 2.53 bits per heavy atom. The van der Waals surface area contributed by atoms with Crippen LogP contribution in [-0.2, 0) is 6.18 Å². The molecule has 7 heteroatoms. The topological polar surface area (TPSA) is 56.3 Å². The Bertz CT molecular complexity index is 601. The molecule has 0 saturated heterocycles. The fourth-order valence-electron chi connectivity index (χ4n) is 1.67. The van der Waals surface area contributed by atoms with Crippen molar-refractivity contribution in [3.8, 4) is 0 Å². The van der Waals surface area contributed by atoms with Crippen molar-refractivity contribution in [2.24, 2.45) is 0 Å². The molecule has 0 fully saturated rings. The minimum Gasteiger partial charge on any atom is -0.453 e. The number of aryl methyl sites for hydroxylation is 1. The Hall–Kier alpha value is -2.05. The van der Waals surface area contributed by atoms with E-state index in [-0.39, 0.29) is 11.1 Å². The maximum absolute atomic E-state index is 12.6. The van der Waals surface area contributed by atoms with Gasteiger partial charge in [0.25, 0.3) is 0 Å². The van der Waals surface area contributed by atoms with E-state index in [0.717, 1.165) is 12.1 Å². The lowest BCUT2D eigenvalue weighted by molar-refractivity contribution is -0.384. The number of rotatable bonds is 1. The van der Waals surface area contributed by atoms with Gasteiger partial charge in [-0.1, -0.05) is 6.07 Å². The van der Waals surface area contributed by atoms with Gasteiger partial charge in [-0.15, -0.1) is 0 Å². The van der Waals surface area contributed by atoms with Crippen LogP contribution in [-0.4, -0.2) is 4.92 Å². The van der Waals surface area contributed by atoms with Gasteiger partial charge in [-0.05, 0) is 12.1 Å². The molecule has 0 spiro atoms. The maximum atomic E-state index is 12.6. The van der Waals surface area contributed by atoms with Gasteiger partial charge < -0.3 is 4.42 Å². The lowest BCUT2D eigenvalue weighted by Gasteiger charge is -2.05. The largest absolute Gasteiger partial charge is 0.453 e. The molecule has 0 radical (unpaired) electrons. The van der Waals surface area contributed by atoms with Gasteiger partial charge in [0.2, 0.25) is 0 Å². The van der Waals surface area contributed by atoms with Crippen LogP contribution in [0.15, 0.2) is 22.6 Å². The Balaban J connectivity index is 2.85. The molecule has 0 saturated carbocycles. The zero-order chi connectivity index (χ0) is 12.8. The summed E-state index contributed by atoms with van der Waals surface area (Å²) >= 11 is 0. The molecule has 90 valence electrons. The molecule has 0 N–H and O–H groups in total. The van der Waals surface area contributed by atoms with Crippen LogP contribution >= 0.6 is 0 Å². The summed E-state index contributed by atoms with van der Waals surface area (Å²) in [6, 6.07) is 3.18. The van der Waals surface area contributed by atoms with Crippen LogP contribution in [0, 0.1) is 17.0 Å². The molecule has 4 nitrogen and oxygen atoms in total. The zero-order valence-electron chi connectivity index (χ0n) is 8.54. The van der Waals surface area contributed by atoms with Gasteiger partial charge in [-0.25, -0.2) is 0 Å². The van der Waals surface area contributed by atoms with Crippen LogP contribution in [0.3, 0.4) is 0 Å². The molecule has 0 unspecified atom stereocenters. The average molecular weight is 245 g/mol. The van der Waals surface area contributed by atoms with E-state index in [1.807, 2.05) is 0 Å². The predicted octanol–water partition coefficient (Wildman–Crippen LogP) is 3.67. The molecule has 17 heavy (non-hydrogen) atoms.